The number of hydrogen-bond acceptors (Lipinski definition) is 4. The van der Waals surface area contributed by atoms with E-state index in [2.05, 4.69) is 76.4 Å². The fourth-order valence-electron chi connectivity index (χ4n) is 3.95. The molecule has 0 aromatic heterocycles. The molecule has 180 valence electrons. The monoisotopic (exact) mass is 717 g/mol. The van der Waals surface area contributed by atoms with E-state index >= 15 is 0 Å². The summed E-state index contributed by atoms with van der Waals surface area (Å²) in [5, 5.41) is 1.97. The molecule has 2 amide bonds. The highest BCUT2D eigenvalue weighted by Gasteiger charge is 2.35. The molecule has 4 aromatic rings. The van der Waals surface area contributed by atoms with Crippen molar-refractivity contribution in [1.82, 2.24) is 4.90 Å². The zero-order valence-corrected chi connectivity index (χ0v) is 24.5. The summed E-state index contributed by atoms with van der Waals surface area (Å²) < 4.78 is 8.00. The number of hydrogen-bond donors (Lipinski definition) is 0. The van der Waals surface area contributed by atoms with Gasteiger partial charge in [0.05, 0.1) is 18.6 Å². The third-order valence-corrected chi connectivity index (χ3v) is 8.36. The Kier molecular flexibility index (Phi) is 7.68. The van der Waals surface area contributed by atoms with Crippen molar-refractivity contribution < 1.29 is 14.3 Å². The molecule has 0 bridgehead atoms. The van der Waals surface area contributed by atoms with Crippen LogP contribution in [0.2, 0.25) is 0 Å². The number of amides is 2. The molecule has 36 heavy (non-hydrogen) atoms. The number of aryl methyl sites for hydroxylation is 1. The lowest BCUT2D eigenvalue weighted by molar-refractivity contribution is -0.123. The number of imide groups is 1. The second-order valence-electron chi connectivity index (χ2n) is 8.54. The van der Waals surface area contributed by atoms with Crippen molar-refractivity contribution in [3.63, 3.8) is 0 Å². The molecule has 0 spiro atoms. The van der Waals surface area contributed by atoms with Crippen LogP contribution in [0.15, 0.2) is 83.8 Å². The van der Waals surface area contributed by atoms with Crippen molar-refractivity contribution in [3.05, 3.63) is 113 Å². The molecular formula is C29H21I2NO3S. The molecule has 4 aromatic carbocycles. The summed E-state index contributed by atoms with van der Waals surface area (Å²) in [6.45, 7) is 2.81. The molecule has 0 aliphatic carbocycles. The minimum atomic E-state index is -0.261. The van der Waals surface area contributed by atoms with Crippen molar-refractivity contribution in [3.8, 4) is 5.75 Å². The zero-order valence-electron chi connectivity index (χ0n) is 19.3. The molecule has 5 rings (SSSR count). The Labute approximate surface area is 241 Å². The molecule has 1 aliphatic heterocycles. The van der Waals surface area contributed by atoms with Gasteiger partial charge in [-0.1, -0.05) is 66.2 Å². The highest BCUT2D eigenvalue weighted by molar-refractivity contribution is 14.1. The largest absolute Gasteiger partial charge is 0.487 e. The van der Waals surface area contributed by atoms with E-state index in [1.807, 2.05) is 54.6 Å². The SMILES string of the molecule is Cc1ccc(COc2c(I)cc(/C=C3\SC(=O)N(Cc4ccc5ccccc5c4)C3=O)cc2I)cc1. The molecule has 0 N–H and O–H groups in total. The molecule has 0 radical (unpaired) electrons. The normalized spacial score (nSPS) is 14.8. The lowest BCUT2D eigenvalue weighted by Gasteiger charge is -2.13. The molecular weight excluding hydrogens is 696 g/mol. The van der Waals surface area contributed by atoms with Crippen molar-refractivity contribution in [1.29, 1.82) is 0 Å². The van der Waals surface area contributed by atoms with E-state index in [0.29, 0.717) is 11.5 Å². The third-order valence-electron chi connectivity index (χ3n) is 5.85. The lowest BCUT2D eigenvalue weighted by atomic mass is 10.1. The number of benzene rings is 4. The van der Waals surface area contributed by atoms with Gasteiger partial charge in [0.25, 0.3) is 11.1 Å². The fourth-order valence-corrected chi connectivity index (χ4v) is 6.91. The second kappa shape index (κ2) is 10.9. The number of thioether (sulfide) groups is 1. The standard InChI is InChI=1S/C29H21I2NO3S/c1-18-6-8-19(9-7-18)17-35-27-24(30)13-21(14-25(27)31)15-26-28(33)32(29(34)36-26)16-20-10-11-22-4-2-3-5-23(22)12-20/h2-15H,16-17H2,1H3/b26-15-. The number of ether oxygens (including phenoxy) is 1. The van der Waals surface area contributed by atoms with E-state index in [0.717, 1.165) is 52.1 Å². The number of halogens is 2. The maximum atomic E-state index is 13.1. The average Bonchev–Trinajstić information content (AvgIpc) is 3.12. The van der Waals surface area contributed by atoms with Crippen molar-refractivity contribution in [2.45, 2.75) is 20.1 Å². The topological polar surface area (TPSA) is 46.6 Å². The Balaban J connectivity index is 1.31. The van der Waals surface area contributed by atoms with E-state index in [1.165, 1.54) is 10.5 Å². The first kappa shape index (κ1) is 25.3. The van der Waals surface area contributed by atoms with E-state index in [1.54, 1.807) is 6.08 Å². The zero-order chi connectivity index (χ0) is 25.2. The Hall–Kier alpha value is -2.37. The van der Waals surface area contributed by atoms with E-state index in [-0.39, 0.29) is 17.7 Å². The Morgan fingerprint density at radius 2 is 1.53 bits per heavy atom. The lowest BCUT2D eigenvalue weighted by Crippen LogP contribution is -2.27. The molecule has 1 fully saturated rings. The average molecular weight is 717 g/mol. The van der Waals surface area contributed by atoms with Crippen LogP contribution < -0.4 is 4.74 Å². The third kappa shape index (κ3) is 5.63. The van der Waals surface area contributed by atoms with Gasteiger partial charge in [0, 0.05) is 0 Å². The van der Waals surface area contributed by atoms with Gasteiger partial charge < -0.3 is 4.74 Å². The molecule has 4 nitrogen and oxygen atoms in total. The van der Waals surface area contributed by atoms with Gasteiger partial charge >= 0.3 is 0 Å². The second-order valence-corrected chi connectivity index (χ2v) is 11.9. The Morgan fingerprint density at radius 1 is 0.861 bits per heavy atom. The number of carbonyl (C=O) groups excluding carboxylic acids is 2. The van der Waals surface area contributed by atoms with Gasteiger partial charge in [-0.3, -0.25) is 14.5 Å². The first-order valence-corrected chi connectivity index (χ1v) is 14.3. The van der Waals surface area contributed by atoms with Crippen molar-refractivity contribution in [2.75, 3.05) is 0 Å². The van der Waals surface area contributed by atoms with Crippen LogP contribution in [-0.2, 0) is 17.9 Å². The van der Waals surface area contributed by atoms with Crippen LogP contribution in [0, 0.1) is 14.1 Å². The molecule has 1 heterocycles. The van der Waals surface area contributed by atoms with Crippen LogP contribution in [0.4, 0.5) is 4.79 Å². The maximum absolute atomic E-state index is 13.1. The van der Waals surface area contributed by atoms with Crippen LogP contribution in [0.1, 0.15) is 22.3 Å². The van der Waals surface area contributed by atoms with Gasteiger partial charge in [0.15, 0.2) is 0 Å². The summed E-state index contributed by atoms with van der Waals surface area (Å²) in [6, 6.07) is 26.3. The van der Waals surface area contributed by atoms with Crippen LogP contribution in [0.25, 0.3) is 16.8 Å². The fraction of sp³-hybridized carbons (Fsp3) is 0.103. The van der Waals surface area contributed by atoms with Crippen LogP contribution >= 0.6 is 56.9 Å². The highest BCUT2D eigenvalue weighted by atomic mass is 127. The summed E-state index contributed by atoms with van der Waals surface area (Å²) in [4.78, 5) is 27.5. The number of rotatable bonds is 6. The van der Waals surface area contributed by atoms with Gasteiger partial charge in [-0.05, 0) is 116 Å². The van der Waals surface area contributed by atoms with Gasteiger partial charge in [-0.2, -0.15) is 0 Å². The predicted octanol–water partition coefficient (Wildman–Crippen LogP) is 8.17. The van der Waals surface area contributed by atoms with Gasteiger partial charge in [-0.15, -0.1) is 0 Å². The maximum Gasteiger partial charge on any atom is 0.293 e. The summed E-state index contributed by atoms with van der Waals surface area (Å²) in [7, 11) is 0. The van der Waals surface area contributed by atoms with Crippen LogP contribution in [-0.4, -0.2) is 16.0 Å². The quantitative estimate of drug-likeness (QED) is 0.149. The smallest absolute Gasteiger partial charge is 0.293 e. The Morgan fingerprint density at radius 3 is 2.25 bits per heavy atom. The first-order chi connectivity index (χ1) is 17.4. The van der Waals surface area contributed by atoms with Gasteiger partial charge in [-0.25, -0.2) is 0 Å². The van der Waals surface area contributed by atoms with Crippen LogP contribution in [0.5, 0.6) is 5.75 Å². The molecule has 0 atom stereocenters. The first-order valence-electron chi connectivity index (χ1n) is 11.3. The molecule has 0 saturated carbocycles. The summed E-state index contributed by atoms with van der Waals surface area (Å²) >= 11 is 5.49. The molecule has 0 unspecified atom stereocenters. The minimum Gasteiger partial charge on any atom is -0.487 e. The predicted molar refractivity (Wildman–Crippen MR) is 163 cm³/mol. The summed E-state index contributed by atoms with van der Waals surface area (Å²) in [5.74, 6) is 0.557. The molecule has 1 aliphatic rings. The number of nitrogens with zero attached hydrogens (tertiary/aromatic N) is 1. The van der Waals surface area contributed by atoms with Gasteiger partial charge in [0.1, 0.15) is 12.4 Å². The van der Waals surface area contributed by atoms with Crippen molar-refractivity contribution in [2.24, 2.45) is 0 Å². The van der Waals surface area contributed by atoms with Crippen LogP contribution in [0.3, 0.4) is 0 Å². The highest BCUT2D eigenvalue weighted by Crippen LogP contribution is 2.36. The van der Waals surface area contributed by atoms with E-state index in [4.69, 9.17) is 4.74 Å². The minimum absolute atomic E-state index is 0.248. The Bertz CT molecular complexity index is 1490. The van der Waals surface area contributed by atoms with Crippen molar-refractivity contribution >= 4 is 84.9 Å². The molecule has 7 heteroatoms. The molecule has 1 saturated heterocycles. The summed E-state index contributed by atoms with van der Waals surface area (Å²) in [6.07, 6.45) is 1.79. The van der Waals surface area contributed by atoms with E-state index < -0.39 is 0 Å². The summed E-state index contributed by atoms with van der Waals surface area (Å²) in [5.41, 5.74) is 4.12. The van der Waals surface area contributed by atoms with Gasteiger partial charge in [0.2, 0.25) is 0 Å². The number of carbonyl (C=O) groups is 2. The number of fused-ring (bicyclic) bond motifs is 1. The van der Waals surface area contributed by atoms with E-state index in [9.17, 15) is 9.59 Å².